The molecule has 0 spiro atoms. The smallest absolute Gasteiger partial charge is 0.238 e. The molecule has 3 heterocycles. The fourth-order valence-electron chi connectivity index (χ4n) is 4.64. The van der Waals surface area contributed by atoms with E-state index in [1.54, 1.807) is 11.3 Å². The number of amides is 2. The number of hydrogen-bond acceptors (Lipinski definition) is 5. The van der Waals surface area contributed by atoms with Crippen LogP contribution in [0.15, 0.2) is 35.7 Å². The molecule has 1 atom stereocenters. The number of nitrogens with one attached hydrogen (secondary N) is 1. The van der Waals surface area contributed by atoms with Gasteiger partial charge in [0.05, 0.1) is 13.1 Å². The molecule has 2 aromatic rings. The van der Waals surface area contributed by atoms with Crippen molar-refractivity contribution >= 4 is 28.8 Å². The number of anilines is 1. The molecule has 1 aromatic carbocycles. The summed E-state index contributed by atoms with van der Waals surface area (Å²) in [5.74, 6) is 0.219. The Kier molecular flexibility index (Phi) is 7.05. The van der Waals surface area contributed by atoms with Gasteiger partial charge in [-0.2, -0.15) is 0 Å². The molecule has 2 aliphatic rings. The molecule has 7 heteroatoms. The van der Waals surface area contributed by atoms with Crippen molar-refractivity contribution in [2.45, 2.75) is 32.7 Å². The minimum atomic E-state index is 0.00744. The number of thiophene rings is 1. The first-order valence-corrected chi connectivity index (χ1v) is 12.0. The van der Waals surface area contributed by atoms with Crippen molar-refractivity contribution in [1.29, 1.82) is 0 Å². The fourth-order valence-corrected chi connectivity index (χ4v) is 5.54. The second kappa shape index (κ2) is 9.94. The molecule has 4 rings (SSSR count). The highest BCUT2D eigenvalue weighted by Crippen LogP contribution is 2.34. The van der Waals surface area contributed by atoms with Crippen LogP contribution in [0.5, 0.6) is 0 Å². The molecule has 0 aliphatic carbocycles. The van der Waals surface area contributed by atoms with Crippen molar-refractivity contribution in [3.8, 4) is 0 Å². The van der Waals surface area contributed by atoms with Crippen LogP contribution in [0.2, 0.25) is 0 Å². The number of para-hydroxylation sites is 1. The lowest BCUT2D eigenvalue weighted by molar-refractivity contribution is -0.134. The van der Waals surface area contributed by atoms with Gasteiger partial charge in [-0.3, -0.25) is 19.4 Å². The van der Waals surface area contributed by atoms with Gasteiger partial charge in [0, 0.05) is 42.8 Å². The van der Waals surface area contributed by atoms with Gasteiger partial charge in [-0.05, 0) is 55.8 Å². The molecular weight excluding hydrogens is 408 g/mol. The van der Waals surface area contributed by atoms with E-state index >= 15 is 0 Å². The largest absolute Gasteiger partial charge is 0.339 e. The molecule has 2 fully saturated rings. The zero-order valence-corrected chi connectivity index (χ0v) is 19.3. The molecule has 2 saturated heterocycles. The van der Waals surface area contributed by atoms with Gasteiger partial charge in [0.15, 0.2) is 0 Å². The maximum absolute atomic E-state index is 12.9. The van der Waals surface area contributed by atoms with Crippen LogP contribution < -0.4 is 5.32 Å². The SMILES string of the molecule is Cc1cccc(C)c1NC(=O)CN1CCN(C(=O)CN2CCC[C@@H]2c2cccs2)CC1. The Morgan fingerprint density at radius 1 is 1.00 bits per heavy atom. The van der Waals surface area contributed by atoms with Crippen LogP contribution in [0.4, 0.5) is 5.69 Å². The summed E-state index contributed by atoms with van der Waals surface area (Å²) >= 11 is 1.78. The molecule has 1 N–H and O–H groups in total. The third kappa shape index (κ3) is 5.34. The zero-order chi connectivity index (χ0) is 21.8. The van der Waals surface area contributed by atoms with Crippen LogP contribution in [-0.2, 0) is 9.59 Å². The van der Waals surface area contributed by atoms with Gasteiger partial charge in [-0.1, -0.05) is 24.3 Å². The first kappa shape index (κ1) is 22.0. The van der Waals surface area contributed by atoms with Crippen LogP contribution in [-0.4, -0.2) is 72.3 Å². The molecule has 2 amide bonds. The van der Waals surface area contributed by atoms with E-state index in [1.807, 2.05) is 36.9 Å². The summed E-state index contributed by atoms with van der Waals surface area (Å²) < 4.78 is 0. The lowest BCUT2D eigenvalue weighted by Gasteiger charge is -2.35. The number of piperazine rings is 1. The summed E-state index contributed by atoms with van der Waals surface area (Å²) in [4.78, 5) is 33.2. The number of benzene rings is 1. The van der Waals surface area contributed by atoms with Crippen molar-refractivity contribution in [2.24, 2.45) is 0 Å². The lowest BCUT2D eigenvalue weighted by atomic mass is 10.1. The molecule has 0 bridgehead atoms. The Hall–Kier alpha value is -2.22. The Morgan fingerprint density at radius 3 is 2.42 bits per heavy atom. The Balaban J connectivity index is 1.24. The van der Waals surface area contributed by atoms with Crippen LogP contribution >= 0.6 is 11.3 Å². The van der Waals surface area contributed by atoms with E-state index in [1.165, 1.54) is 4.88 Å². The number of carbonyl (C=O) groups is 2. The van der Waals surface area contributed by atoms with Crippen LogP contribution in [0.25, 0.3) is 0 Å². The van der Waals surface area contributed by atoms with Crippen molar-refractivity contribution < 1.29 is 9.59 Å². The first-order valence-electron chi connectivity index (χ1n) is 11.1. The molecule has 6 nitrogen and oxygen atoms in total. The Morgan fingerprint density at radius 2 is 1.74 bits per heavy atom. The topological polar surface area (TPSA) is 55.9 Å². The van der Waals surface area contributed by atoms with Gasteiger partial charge in [0.25, 0.3) is 0 Å². The molecule has 0 radical (unpaired) electrons. The van der Waals surface area contributed by atoms with E-state index in [0.717, 1.165) is 49.3 Å². The van der Waals surface area contributed by atoms with E-state index < -0.39 is 0 Å². The number of nitrogens with zero attached hydrogens (tertiary/aromatic N) is 3. The zero-order valence-electron chi connectivity index (χ0n) is 18.5. The third-order valence-electron chi connectivity index (χ3n) is 6.41. The summed E-state index contributed by atoms with van der Waals surface area (Å²) in [5, 5.41) is 5.17. The minimum absolute atomic E-state index is 0.00744. The molecule has 1 aromatic heterocycles. The van der Waals surface area contributed by atoms with Crippen molar-refractivity contribution in [3.05, 3.63) is 51.7 Å². The van der Waals surface area contributed by atoms with E-state index in [0.29, 0.717) is 32.2 Å². The standard InChI is InChI=1S/C24H32N4O2S/c1-18-6-3-7-19(2)24(18)25-22(29)16-26-11-13-27(14-12-26)23(30)17-28-10-4-8-20(28)21-9-5-15-31-21/h3,5-7,9,15,20H,4,8,10-14,16-17H2,1-2H3,(H,25,29)/t20-/m1/s1. The molecule has 0 unspecified atom stereocenters. The van der Waals surface area contributed by atoms with Gasteiger partial charge in [-0.25, -0.2) is 0 Å². The number of likely N-dealkylation sites (tertiary alicyclic amines) is 1. The lowest BCUT2D eigenvalue weighted by Crippen LogP contribution is -2.52. The second-order valence-electron chi connectivity index (χ2n) is 8.62. The first-order chi connectivity index (χ1) is 15.0. The van der Waals surface area contributed by atoms with Crippen molar-refractivity contribution in [2.75, 3.05) is 51.1 Å². The quantitative estimate of drug-likeness (QED) is 0.749. The number of carbonyl (C=O) groups excluding carboxylic acids is 2. The maximum atomic E-state index is 12.9. The van der Waals surface area contributed by atoms with Gasteiger partial charge in [0.1, 0.15) is 0 Å². The van der Waals surface area contributed by atoms with Crippen molar-refractivity contribution in [3.63, 3.8) is 0 Å². The van der Waals surface area contributed by atoms with Crippen molar-refractivity contribution in [1.82, 2.24) is 14.7 Å². The van der Waals surface area contributed by atoms with Gasteiger partial charge < -0.3 is 10.2 Å². The maximum Gasteiger partial charge on any atom is 0.238 e. The number of aryl methyl sites for hydroxylation is 2. The normalized spacial score (nSPS) is 20.2. The average molecular weight is 441 g/mol. The number of hydrogen-bond donors (Lipinski definition) is 1. The van der Waals surface area contributed by atoms with E-state index in [9.17, 15) is 9.59 Å². The second-order valence-corrected chi connectivity index (χ2v) is 9.60. The predicted octanol–water partition coefficient (Wildman–Crippen LogP) is 3.28. The van der Waals surface area contributed by atoms with Gasteiger partial charge >= 0.3 is 0 Å². The summed E-state index contributed by atoms with van der Waals surface area (Å²) in [5.41, 5.74) is 3.06. The Labute approximate surface area is 188 Å². The summed E-state index contributed by atoms with van der Waals surface area (Å²) in [6, 6.07) is 10.7. The van der Waals surface area contributed by atoms with E-state index in [-0.39, 0.29) is 11.8 Å². The molecular formula is C24H32N4O2S. The monoisotopic (exact) mass is 440 g/mol. The predicted molar refractivity (Wildman–Crippen MR) is 125 cm³/mol. The minimum Gasteiger partial charge on any atom is -0.339 e. The Bertz CT molecular complexity index is 886. The highest BCUT2D eigenvalue weighted by atomic mass is 32.1. The van der Waals surface area contributed by atoms with Crippen LogP contribution in [0.3, 0.4) is 0 Å². The average Bonchev–Trinajstić information content (AvgIpc) is 3.43. The van der Waals surface area contributed by atoms with E-state index in [4.69, 9.17) is 0 Å². The number of rotatable bonds is 6. The fraction of sp³-hybridized carbons (Fsp3) is 0.500. The summed E-state index contributed by atoms with van der Waals surface area (Å²) in [6.07, 6.45) is 2.29. The highest BCUT2D eigenvalue weighted by molar-refractivity contribution is 7.10. The van der Waals surface area contributed by atoms with Gasteiger partial charge in [-0.15, -0.1) is 11.3 Å². The summed E-state index contributed by atoms with van der Waals surface area (Å²) in [7, 11) is 0. The van der Waals surface area contributed by atoms with Crippen LogP contribution in [0, 0.1) is 13.8 Å². The third-order valence-corrected chi connectivity index (χ3v) is 7.38. The van der Waals surface area contributed by atoms with Crippen LogP contribution in [0.1, 0.15) is 34.9 Å². The molecule has 0 saturated carbocycles. The summed E-state index contributed by atoms with van der Waals surface area (Å²) in [6.45, 7) is 8.72. The molecule has 31 heavy (non-hydrogen) atoms. The van der Waals surface area contributed by atoms with E-state index in [2.05, 4.69) is 32.6 Å². The van der Waals surface area contributed by atoms with Gasteiger partial charge in [0.2, 0.25) is 11.8 Å². The molecule has 2 aliphatic heterocycles. The molecule has 166 valence electrons. The highest BCUT2D eigenvalue weighted by Gasteiger charge is 2.30.